The Labute approximate surface area is 70.3 Å². The molecule has 64 valence electrons. The van der Waals surface area contributed by atoms with E-state index in [1.165, 1.54) is 13.3 Å². The van der Waals surface area contributed by atoms with Gasteiger partial charge in [-0.2, -0.15) is 5.10 Å². The SMILES string of the molecule is COc1cccc(C=NN)c1O. The first-order valence-corrected chi connectivity index (χ1v) is 3.39. The van der Waals surface area contributed by atoms with E-state index in [0.717, 1.165) is 0 Å². The van der Waals surface area contributed by atoms with Crippen LogP contribution < -0.4 is 10.6 Å². The topological polar surface area (TPSA) is 67.8 Å². The fraction of sp³-hybridized carbons (Fsp3) is 0.125. The van der Waals surface area contributed by atoms with Gasteiger partial charge in [0, 0.05) is 5.56 Å². The summed E-state index contributed by atoms with van der Waals surface area (Å²) >= 11 is 0. The number of phenolic OH excluding ortho intramolecular Hbond substituents is 1. The Morgan fingerprint density at radius 2 is 2.33 bits per heavy atom. The third kappa shape index (κ3) is 1.47. The van der Waals surface area contributed by atoms with E-state index in [-0.39, 0.29) is 5.75 Å². The largest absolute Gasteiger partial charge is 0.504 e. The van der Waals surface area contributed by atoms with Gasteiger partial charge in [0.05, 0.1) is 13.3 Å². The van der Waals surface area contributed by atoms with Crippen LogP contribution in [0, 0.1) is 0 Å². The molecule has 0 fully saturated rings. The minimum atomic E-state index is 0.0502. The molecule has 0 aliphatic heterocycles. The van der Waals surface area contributed by atoms with Crippen molar-refractivity contribution in [2.45, 2.75) is 0 Å². The van der Waals surface area contributed by atoms with Crippen molar-refractivity contribution in [1.82, 2.24) is 0 Å². The normalized spacial score (nSPS) is 10.4. The van der Waals surface area contributed by atoms with Crippen LogP contribution >= 0.6 is 0 Å². The van der Waals surface area contributed by atoms with Crippen molar-refractivity contribution in [2.75, 3.05) is 7.11 Å². The summed E-state index contributed by atoms with van der Waals surface area (Å²) in [4.78, 5) is 0. The number of hydrogen-bond acceptors (Lipinski definition) is 4. The van der Waals surface area contributed by atoms with Gasteiger partial charge in [0.1, 0.15) is 0 Å². The number of hydrogen-bond donors (Lipinski definition) is 2. The number of ether oxygens (including phenoxy) is 1. The summed E-state index contributed by atoms with van der Waals surface area (Å²) in [7, 11) is 1.48. The maximum Gasteiger partial charge on any atom is 0.166 e. The second kappa shape index (κ2) is 3.61. The predicted octanol–water partition coefficient (Wildman–Crippen LogP) is 0.693. The number of aromatic hydroxyl groups is 1. The van der Waals surface area contributed by atoms with Gasteiger partial charge in [0.2, 0.25) is 0 Å². The average Bonchev–Trinajstić information content (AvgIpc) is 2.09. The Kier molecular flexibility index (Phi) is 2.53. The highest BCUT2D eigenvalue weighted by Gasteiger charge is 2.03. The molecule has 0 aliphatic carbocycles. The summed E-state index contributed by atoms with van der Waals surface area (Å²) in [5.74, 6) is 5.40. The quantitative estimate of drug-likeness (QED) is 0.386. The van der Waals surface area contributed by atoms with Gasteiger partial charge in [-0.1, -0.05) is 6.07 Å². The van der Waals surface area contributed by atoms with Gasteiger partial charge in [-0.3, -0.25) is 0 Å². The molecule has 3 N–H and O–H groups in total. The number of nitrogens with zero attached hydrogens (tertiary/aromatic N) is 1. The molecule has 0 heterocycles. The lowest BCUT2D eigenvalue weighted by Crippen LogP contribution is -1.90. The predicted molar refractivity (Wildman–Crippen MR) is 46.4 cm³/mol. The molecule has 0 aromatic heterocycles. The van der Waals surface area contributed by atoms with Crippen LogP contribution in [0.4, 0.5) is 0 Å². The van der Waals surface area contributed by atoms with E-state index in [1.54, 1.807) is 18.2 Å². The molecule has 0 amide bonds. The Morgan fingerprint density at radius 3 is 2.92 bits per heavy atom. The lowest BCUT2D eigenvalue weighted by molar-refractivity contribution is 0.373. The summed E-state index contributed by atoms with van der Waals surface area (Å²) in [6.07, 6.45) is 1.36. The van der Waals surface area contributed by atoms with E-state index in [1.807, 2.05) is 0 Å². The smallest absolute Gasteiger partial charge is 0.166 e. The number of nitrogens with two attached hydrogens (primary N) is 1. The molecular weight excluding hydrogens is 156 g/mol. The van der Waals surface area contributed by atoms with Crippen LogP contribution in [0.5, 0.6) is 11.5 Å². The Hall–Kier alpha value is -1.71. The molecule has 0 spiro atoms. The summed E-state index contributed by atoms with van der Waals surface area (Å²) in [5.41, 5.74) is 0.539. The van der Waals surface area contributed by atoms with E-state index < -0.39 is 0 Å². The van der Waals surface area contributed by atoms with Gasteiger partial charge in [-0.15, -0.1) is 0 Å². The number of benzene rings is 1. The molecule has 1 aromatic carbocycles. The van der Waals surface area contributed by atoms with Crippen LogP contribution in [0.15, 0.2) is 23.3 Å². The Balaban J connectivity index is 3.13. The molecule has 1 aromatic rings. The monoisotopic (exact) mass is 166 g/mol. The highest BCUT2D eigenvalue weighted by molar-refractivity contribution is 5.84. The summed E-state index contributed by atoms with van der Waals surface area (Å²) < 4.78 is 4.88. The van der Waals surface area contributed by atoms with E-state index >= 15 is 0 Å². The van der Waals surface area contributed by atoms with E-state index in [0.29, 0.717) is 11.3 Å². The minimum Gasteiger partial charge on any atom is -0.504 e. The third-order valence-electron chi connectivity index (χ3n) is 1.46. The van der Waals surface area contributed by atoms with Crippen LogP contribution in [0.1, 0.15) is 5.56 Å². The second-order valence-electron chi connectivity index (χ2n) is 2.18. The zero-order valence-electron chi connectivity index (χ0n) is 6.69. The van der Waals surface area contributed by atoms with Gasteiger partial charge in [0.25, 0.3) is 0 Å². The van der Waals surface area contributed by atoms with Crippen LogP contribution in [0.25, 0.3) is 0 Å². The summed E-state index contributed by atoms with van der Waals surface area (Å²) in [6, 6.07) is 5.09. The van der Waals surface area contributed by atoms with Crippen molar-refractivity contribution < 1.29 is 9.84 Å². The first-order chi connectivity index (χ1) is 5.79. The zero-order valence-corrected chi connectivity index (χ0v) is 6.69. The van der Waals surface area contributed by atoms with Crippen molar-refractivity contribution in [3.8, 4) is 11.5 Å². The first-order valence-electron chi connectivity index (χ1n) is 3.39. The fourth-order valence-electron chi connectivity index (χ4n) is 0.888. The lowest BCUT2D eigenvalue weighted by atomic mass is 10.2. The molecule has 4 heteroatoms. The lowest BCUT2D eigenvalue weighted by Gasteiger charge is -2.03. The van der Waals surface area contributed by atoms with Gasteiger partial charge >= 0.3 is 0 Å². The molecule has 0 saturated carbocycles. The standard InChI is InChI=1S/C8H10N2O2/c1-12-7-4-2-3-6(5-10-9)8(7)11/h2-5,11H,9H2,1H3. The van der Waals surface area contributed by atoms with Crippen molar-refractivity contribution in [2.24, 2.45) is 10.9 Å². The van der Waals surface area contributed by atoms with Crippen LogP contribution in [-0.4, -0.2) is 18.4 Å². The number of hydrazone groups is 1. The number of rotatable bonds is 2. The van der Waals surface area contributed by atoms with Gasteiger partial charge < -0.3 is 15.7 Å². The van der Waals surface area contributed by atoms with Crippen LogP contribution in [0.3, 0.4) is 0 Å². The van der Waals surface area contributed by atoms with E-state index in [9.17, 15) is 5.11 Å². The van der Waals surface area contributed by atoms with Gasteiger partial charge in [-0.25, -0.2) is 0 Å². The molecule has 12 heavy (non-hydrogen) atoms. The summed E-state index contributed by atoms with van der Waals surface area (Å²) in [5, 5.41) is 12.7. The molecule has 0 bridgehead atoms. The average molecular weight is 166 g/mol. The highest BCUT2D eigenvalue weighted by atomic mass is 16.5. The molecule has 0 unspecified atom stereocenters. The third-order valence-corrected chi connectivity index (χ3v) is 1.46. The van der Waals surface area contributed by atoms with Crippen molar-refractivity contribution in [1.29, 1.82) is 0 Å². The highest BCUT2D eigenvalue weighted by Crippen LogP contribution is 2.27. The van der Waals surface area contributed by atoms with E-state index in [2.05, 4.69) is 5.10 Å². The van der Waals surface area contributed by atoms with Crippen molar-refractivity contribution >= 4 is 6.21 Å². The molecular formula is C8H10N2O2. The van der Waals surface area contributed by atoms with Crippen LogP contribution in [0.2, 0.25) is 0 Å². The van der Waals surface area contributed by atoms with Crippen molar-refractivity contribution in [3.05, 3.63) is 23.8 Å². The number of methoxy groups -OCH3 is 1. The van der Waals surface area contributed by atoms with Crippen LogP contribution in [-0.2, 0) is 0 Å². The Morgan fingerprint density at radius 1 is 1.58 bits per heavy atom. The molecule has 0 aliphatic rings. The Bertz CT molecular complexity index is 297. The maximum absolute atomic E-state index is 9.45. The molecule has 0 radical (unpaired) electrons. The van der Waals surface area contributed by atoms with Crippen molar-refractivity contribution in [3.63, 3.8) is 0 Å². The molecule has 4 nitrogen and oxygen atoms in total. The molecule has 0 saturated heterocycles. The first kappa shape index (κ1) is 8.39. The minimum absolute atomic E-state index is 0.0502. The number of para-hydroxylation sites is 1. The van der Waals surface area contributed by atoms with Gasteiger partial charge in [0.15, 0.2) is 11.5 Å². The molecule has 1 rings (SSSR count). The number of phenols is 1. The summed E-state index contributed by atoms with van der Waals surface area (Å²) in [6.45, 7) is 0. The fourth-order valence-corrected chi connectivity index (χ4v) is 0.888. The maximum atomic E-state index is 9.45. The van der Waals surface area contributed by atoms with Gasteiger partial charge in [-0.05, 0) is 12.1 Å². The second-order valence-corrected chi connectivity index (χ2v) is 2.18. The zero-order chi connectivity index (χ0) is 8.97. The van der Waals surface area contributed by atoms with E-state index in [4.69, 9.17) is 10.6 Å². The molecule has 0 atom stereocenters.